The lowest BCUT2D eigenvalue weighted by molar-refractivity contribution is 0.0590. The van der Waals surface area contributed by atoms with E-state index in [-0.39, 0.29) is 12.0 Å². The van der Waals surface area contributed by atoms with Crippen molar-refractivity contribution in [2.45, 2.75) is 25.9 Å². The van der Waals surface area contributed by atoms with Gasteiger partial charge < -0.3 is 9.64 Å². The molecule has 3 aromatic rings. The lowest BCUT2D eigenvalue weighted by atomic mass is 10.1. The van der Waals surface area contributed by atoms with Crippen LogP contribution in [0.3, 0.4) is 0 Å². The number of carbonyl (C=O) groups is 1. The lowest BCUT2D eigenvalue weighted by Gasteiger charge is -2.32. The van der Waals surface area contributed by atoms with Gasteiger partial charge in [-0.15, -0.1) is 0 Å². The number of ether oxygens (including phenoxy) is 1. The van der Waals surface area contributed by atoms with E-state index in [0.717, 1.165) is 29.5 Å². The molecule has 0 unspecified atom stereocenters. The molecule has 2 aromatic carbocycles. The van der Waals surface area contributed by atoms with Crippen molar-refractivity contribution in [2.24, 2.45) is 0 Å². The molecule has 27 heavy (non-hydrogen) atoms. The fourth-order valence-corrected chi connectivity index (χ4v) is 3.53. The predicted molar refractivity (Wildman–Crippen MR) is 107 cm³/mol. The maximum atomic E-state index is 12.8. The number of benzene rings is 2. The first-order chi connectivity index (χ1) is 13.1. The van der Waals surface area contributed by atoms with Crippen molar-refractivity contribution in [3.8, 4) is 5.75 Å². The number of likely N-dealkylation sites (tertiary alicyclic amines) is 1. The van der Waals surface area contributed by atoms with Gasteiger partial charge in [0.05, 0.1) is 5.52 Å². The fourth-order valence-electron chi connectivity index (χ4n) is 3.41. The molecule has 1 aliphatic rings. The average molecular weight is 381 g/mol. The summed E-state index contributed by atoms with van der Waals surface area (Å²) < 4.78 is 6.00. The molecule has 4 nitrogen and oxygen atoms in total. The van der Waals surface area contributed by atoms with Crippen LogP contribution >= 0.6 is 11.6 Å². The van der Waals surface area contributed by atoms with Gasteiger partial charge in [-0.05, 0) is 49.4 Å². The van der Waals surface area contributed by atoms with E-state index in [9.17, 15) is 4.79 Å². The summed E-state index contributed by atoms with van der Waals surface area (Å²) in [5, 5.41) is 1.75. The molecule has 0 radical (unpaired) electrons. The highest BCUT2D eigenvalue weighted by molar-refractivity contribution is 6.30. The summed E-state index contributed by atoms with van der Waals surface area (Å²) in [6, 6.07) is 17.2. The number of aromatic nitrogens is 1. The standard InChI is InChI=1S/C22H21ClN2O2/c1-15-2-8-20-16(14-15)3-9-21(24-20)22(26)25-12-10-19(11-13-25)27-18-6-4-17(23)5-7-18/h2-9,14,19H,10-13H2,1H3. The molecule has 138 valence electrons. The van der Waals surface area contributed by atoms with Gasteiger partial charge in [0.25, 0.3) is 5.91 Å². The third-order valence-electron chi connectivity index (χ3n) is 4.91. The fraction of sp³-hybridized carbons (Fsp3) is 0.273. The monoisotopic (exact) mass is 380 g/mol. The van der Waals surface area contributed by atoms with Crippen LogP contribution in [0.15, 0.2) is 54.6 Å². The number of carbonyl (C=O) groups excluding carboxylic acids is 1. The molecule has 4 rings (SSSR count). The van der Waals surface area contributed by atoms with Crippen LogP contribution in [0.4, 0.5) is 0 Å². The Kier molecular flexibility index (Phi) is 4.99. The van der Waals surface area contributed by atoms with Crippen molar-refractivity contribution in [1.29, 1.82) is 0 Å². The predicted octanol–water partition coefficient (Wildman–Crippen LogP) is 4.88. The minimum absolute atomic E-state index is 0.0117. The van der Waals surface area contributed by atoms with Crippen molar-refractivity contribution in [3.63, 3.8) is 0 Å². The topological polar surface area (TPSA) is 42.4 Å². The summed E-state index contributed by atoms with van der Waals surface area (Å²) in [7, 11) is 0. The van der Waals surface area contributed by atoms with Crippen molar-refractivity contribution in [2.75, 3.05) is 13.1 Å². The second kappa shape index (κ2) is 7.57. The maximum Gasteiger partial charge on any atom is 0.272 e. The Morgan fingerprint density at radius 3 is 2.56 bits per heavy atom. The average Bonchev–Trinajstić information content (AvgIpc) is 2.69. The minimum Gasteiger partial charge on any atom is -0.490 e. The van der Waals surface area contributed by atoms with Gasteiger partial charge >= 0.3 is 0 Å². The second-order valence-corrected chi connectivity index (χ2v) is 7.39. The molecule has 0 atom stereocenters. The molecular formula is C22H21ClN2O2. The second-order valence-electron chi connectivity index (χ2n) is 6.96. The molecule has 0 spiro atoms. The van der Waals surface area contributed by atoms with E-state index >= 15 is 0 Å². The molecule has 1 saturated heterocycles. The number of amides is 1. The zero-order valence-corrected chi connectivity index (χ0v) is 15.9. The Balaban J connectivity index is 1.39. The zero-order valence-electron chi connectivity index (χ0n) is 15.2. The van der Waals surface area contributed by atoms with Crippen LogP contribution in [0.1, 0.15) is 28.9 Å². The number of halogens is 1. The zero-order chi connectivity index (χ0) is 18.8. The maximum absolute atomic E-state index is 12.8. The molecule has 0 aliphatic carbocycles. The summed E-state index contributed by atoms with van der Waals surface area (Å²) in [5.41, 5.74) is 2.54. The van der Waals surface area contributed by atoms with Gasteiger partial charge in [0.2, 0.25) is 0 Å². The highest BCUT2D eigenvalue weighted by Crippen LogP contribution is 2.22. The highest BCUT2D eigenvalue weighted by atomic mass is 35.5. The van der Waals surface area contributed by atoms with E-state index in [1.54, 1.807) is 0 Å². The van der Waals surface area contributed by atoms with Gasteiger partial charge in [0, 0.05) is 36.3 Å². The van der Waals surface area contributed by atoms with Crippen LogP contribution < -0.4 is 4.74 Å². The first kappa shape index (κ1) is 17.8. The van der Waals surface area contributed by atoms with E-state index in [1.165, 1.54) is 5.56 Å². The van der Waals surface area contributed by atoms with Crippen LogP contribution in [0.2, 0.25) is 5.02 Å². The van der Waals surface area contributed by atoms with E-state index < -0.39 is 0 Å². The van der Waals surface area contributed by atoms with Crippen molar-refractivity contribution >= 4 is 28.4 Å². The third kappa shape index (κ3) is 4.06. The van der Waals surface area contributed by atoms with Crippen LogP contribution in [-0.2, 0) is 0 Å². The summed E-state index contributed by atoms with van der Waals surface area (Å²) in [5.74, 6) is 0.804. The van der Waals surface area contributed by atoms with E-state index in [0.29, 0.717) is 23.8 Å². The highest BCUT2D eigenvalue weighted by Gasteiger charge is 2.25. The Labute approximate surface area is 163 Å². The molecule has 0 bridgehead atoms. The van der Waals surface area contributed by atoms with E-state index in [4.69, 9.17) is 16.3 Å². The Morgan fingerprint density at radius 2 is 1.81 bits per heavy atom. The Morgan fingerprint density at radius 1 is 1.07 bits per heavy atom. The quantitative estimate of drug-likeness (QED) is 0.650. The molecular weight excluding hydrogens is 360 g/mol. The van der Waals surface area contributed by atoms with Gasteiger partial charge in [0.1, 0.15) is 17.5 Å². The number of rotatable bonds is 3. The number of piperidine rings is 1. The van der Waals surface area contributed by atoms with Crippen molar-refractivity contribution in [1.82, 2.24) is 9.88 Å². The van der Waals surface area contributed by atoms with Gasteiger partial charge in [-0.3, -0.25) is 4.79 Å². The largest absolute Gasteiger partial charge is 0.490 e. The number of hydrogen-bond acceptors (Lipinski definition) is 3. The third-order valence-corrected chi connectivity index (χ3v) is 5.16. The van der Waals surface area contributed by atoms with E-state index in [2.05, 4.69) is 18.0 Å². The summed E-state index contributed by atoms with van der Waals surface area (Å²) in [6.45, 7) is 3.39. The number of pyridine rings is 1. The minimum atomic E-state index is -0.0117. The smallest absolute Gasteiger partial charge is 0.272 e. The molecule has 0 N–H and O–H groups in total. The first-order valence-corrected chi connectivity index (χ1v) is 9.55. The van der Waals surface area contributed by atoms with Gasteiger partial charge in [-0.25, -0.2) is 4.98 Å². The van der Waals surface area contributed by atoms with E-state index in [1.807, 2.05) is 53.4 Å². The summed E-state index contributed by atoms with van der Waals surface area (Å²) in [4.78, 5) is 19.2. The SMILES string of the molecule is Cc1ccc2nc(C(=O)N3CCC(Oc4ccc(Cl)cc4)CC3)ccc2c1. The van der Waals surface area contributed by atoms with Crippen LogP contribution in [0.25, 0.3) is 10.9 Å². The van der Waals surface area contributed by atoms with Crippen LogP contribution in [0, 0.1) is 6.92 Å². The van der Waals surface area contributed by atoms with Crippen molar-refractivity contribution < 1.29 is 9.53 Å². The number of nitrogens with zero attached hydrogens (tertiary/aromatic N) is 2. The van der Waals surface area contributed by atoms with Crippen LogP contribution in [-0.4, -0.2) is 35.0 Å². The summed E-state index contributed by atoms with van der Waals surface area (Å²) >= 11 is 5.91. The Bertz CT molecular complexity index is 964. The molecule has 0 saturated carbocycles. The molecule has 1 aliphatic heterocycles. The lowest BCUT2D eigenvalue weighted by Crippen LogP contribution is -2.42. The number of aryl methyl sites for hydroxylation is 1. The molecule has 1 aromatic heterocycles. The van der Waals surface area contributed by atoms with Gasteiger partial charge in [-0.2, -0.15) is 0 Å². The molecule has 2 heterocycles. The molecule has 1 fully saturated rings. The van der Waals surface area contributed by atoms with Crippen molar-refractivity contribution in [3.05, 3.63) is 70.9 Å². The number of hydrogen-bond donors (Lipinski definition) is 0. The van der Waals surface area contributed by atoms with Crippen LogP contribution in [0.5, 0.6) is 5.75 Å². The normalized spacial score (nSPS) is 15.1. The molecule has 5 heteroatoms. The summed E-state index contributed by atoms with van der Waals surface area (Å²) in [6.07, 6.45) is 1.73. The first-order valence-electron chi connectivity index (χ1n) is 9.17. The Hall–Kier alpha value is -2.59. The van der Waals surface area contributed by atoms with Gasteiger partial charge in [0.15, 0.2) is 0 Å². The van der Waals surface area contributed by atoms with Gasteiger partial charge in [-0.1, -0.05) is 29.3 Å². The molecule has 1 amide bonds. The number of fused-ring (bicyclic) bond motifs is 1.